The summed E-state index contributed by atoms with van der Waals surface area (Å²) in [5.41, 5.74) is 1.08. The highest BCUT2D eigenvalue weighted by Crippen LogP contribution is 2.39. The Bertz CT molecular complexity index is 596. The minimum Gasteiger partial charge on any atom is -0.381 e. The Morgan fingerprint density at radius 2 is 2.00 bits per heavy atom. The summed E-state index contributed by atoms with van der Waals surface area (Å²) >= 11 is 12.6. The molecule has 4 nitrogen and oxygen atoms in total. The van der Waals surface area contributed by atoms with Crippen LogP contribution in [0.4, 0.5) is 0 Å². The van der Waals surface area contributed by atoms with Gasteiger partial charge in [-0.25, -0.2) is 0 Å². The molecule has 1 saturated heterocycles. The number of nitrogens with zero attached hydrogens (tertiary/aromatic N) is 1. The van der Waals surface area contributed by atoms with Crippen molar-refractivity contribution in [3.8, 4) is 0 Å². The van der Waals surface area contributed by atoms with Gasteiger partial charge in [-0.15, -0.1) is 0 Å². The van der Waals surface area contributed by atoms with E-state index in [4.69, 9.17) is 27.9 Å². The van der Waals surface area contributed by atoms with Crippen molar-refractivity contribution >= 4 is 29.2 Å². The van der Waals surface area contributed by atoms with E-state index >= 15 is 0 Å². The molecule has 0 amide bonds. The molecule has 1 heterocycles. The molecule has 0 bridgehead atoms. The molecule has 1 aromatic rings. The molecule has 1 aliphatic heterocycles. The van der Waals surface area contributed by atoms with Gasteiger partial charge in [0.1, 0.15) is 0 Å². The second kappa shape index (κ2) is 7.94. The van der Waals surface area contributed by atoms with Crippen LogP contribution in [0.15, 0.2) is 23.2 Å². The first-order valence-corrected chi connectivity index (χ1v) is 9.36. The third kappa shape index (κ3) is 4.35. The normalized spacial score (nSPS) is 20.7. The molecule has 1 aliphatic carbocycles. The zero-order valence-corrected chi connectivity index (χ0v) is 15.6. The van der Waals surface area contributed by atoms with Crippen LogP contribution in [0.2, 0.25) is 10.0 Å². The first kappa shape index (κ1) is 17.8. The third-order valence-corrected chi connectivity index (χ3v) is 5.57. The number of benzene rings is 1. The van der Waals surface area contributed by atoms with Gasteiger partial charge in [-0.3, -0.25) is 4.99 Å². The molecular formula is C18H25Cl2N3O. The summed E-state index contributed by atoms with van der Waals surface area (Å²) in [5, 5.41) is 8.31. The van der Waals surface area contributed by atoms with Crippen LogP contribution in [0.25, 0.3) is 0 Å². The third-order valence-electron chi connectivity index (χ3n) is 5.03. The number of rotatable bonds is 5. The molecule has 0 aromatic heterocycles. The number of nitrogens with one attached hydrogen (secondary N) is 2. The Balaban J connectivity index is 1.72. The highest BCUT2D eigenvalue weighted by molar-refractivity contribution is 6.35. The number of halogens is 2. The molecule has 132 valence electrons. The number of guanidine groups is 1. The van der Waals surface area contributed by atoms with Crippen LogP contribution in [-0.2, 0) is 10.2 Å². The summed E-state index contributed by atoms with van der Waals surface area (Å²) in [5.74, 6) is 1.67. The molecular weight excluding hydrogens is 345 g/mol. The molecule has 0 atom stereocenters. The molecule has 1 aromatic carbocycles. The minimum absolute atomic E-state index is 0.0584. The van der Waals surface area contributed by atoms with Gasteiger partial charge in [0, 0.05) is 48.8 Å². The van der Waals surface area contributed by atoms with Crippen LogP contribution >= 0.6 is 23.2 Å². The zero-order chi connectivity index (χ0) is 17.0. The molecule has 2 N–H and O–H groups in total. The summed E-state index contributed by atoms with van der Waals surface area (Å²) in [6, 6.07) is 5.80. The van der Waals surface area contributed by atoms with Crippen molar-refractivity contribution in [3.63, 3.8) is 0 Å². The average molecular weight is 370 g/mol. The smallest absolute Gasteiger partial charge is 0.191 e. The Labute approximate surface area is 154 Å². The minimum atomic E-state index is -0.0584. The maximum atomic E-state index is 6.51. The van der Waals surface area contributed by atoms with Gasteiger partial charge in [0.05, 0.1) is 0 Å². The van der Waals surface area contributed by atoms with Gasteiger partial charge < -0.3 is 15.4 Å². The van der Waals surface area contributed by atoms with E-state index in [9.17, 15) is 0 Å². The highest BCUT2D eigenvalue weighted by Gasteiger charge is 2.36. The summed E-state index contributed by atoms with van der Waals surface area (Å²) in [6.07, 6.45) is 4.51. The summed E-state index contributed by atoms with van der Waals surface area (Å²) in [4.78, 5) is 4.34. The molecule has 0 radical (unpaired) electrons. The first-order chi connectivity index (χ1) is 11.6. The van der Waals surface area contributed by atoms with E-state index in [0.717, 1.165) is 61.6 Å². The average Bonchev–Trinajstić information content (AvgIpc) is 3.40. The fraction of sp³-hybridized carbons (Fsp3) is 0.611. The largest absolute Gasteiger partial charge is 0.381 e. The molecule has 2 aliphatic rings. The molecule has 3 rings (SSSR count). The topological polar surface area (TPSA) is 45.7 Å². The van der Waals surface area contributed by atoms with Gasteiger partial charge in [0.25, 0.3) is 0 Å². The maximum Gasteiger partial charge on any atom is 0.191 e. The van der Waals surface area contributed by atoms with Crippen LogP contribution in [0.5, 0.6) is 0 Å². The molecule has 6 heteroatoms. The highest BCUT2D eigenvalue weighted by atomic mass is 35.5. The first-order valence-electron chi connectivity index (χ1n) is 8.61. The quantitative estimate of drug-likeness (QED) is 0.615. The standard InChI is InChI=1S/C18H25Cl2N3O/c1-21-17(22-11-13-2-3-13)23-12-18(6-8-24-9-7-18)15-5-4-14(19)10-16(15)20/h4-5,10,13H,2-3,6-9,11-12H2,1H3,(H2,21,22,23). The van der Waals surface area contributed by atoms with E-state index in [1.54, 1.807) is 0 Å². The van der Waals surface area contributed by atoms with Crippen molar-refractivity contribution in [1.29, 1.82) is 0 Å². The van der Waals surface area contributed by atoms with Gasteiger partial charge in [0.2, 0.25) is 0 Å². The van der Waals surface area contributed by atoms with E-state index in [-0.39, 0.29) is 5.41 Å². The second-order valence-electron chi connectivity index (χ2n) is 6.77. The molecule has 1 saturated carbocycles. The van der Waals surface area contributed by atoms with Crippen LogP contribution in [0.3, 0.4) is 0 Å². The van der Waals surface area contributed by atoms with Crippen molar-refractivity contribution in [2.75, 3.05) is 33.4 Å². The van der Waals surface area contributed by atoms with Crippen LogP contribution in [-0.4, -0.2) is 39.3 Å². The fourth-order valence-electron chi connectivity index (χ4n) is 3.26. The number of ether oxygens (including phenoxy) is 1. The Hall–Kier alpha value is -0.970. The lowest BCUT2D eigenvalue weighted by atomic mass is 9.74. The second-order valence-corrected chi connectivity index (χ2v) is 7.61. The van der Waals surface area contributed by atoms with Gasteiger partial charge in [0.15, 0.2) is 5.96 Å². The SMILES string of the molecule is CN=C(NCC1CC1)NCC1(c2ccc(Cl)cc2Cl)CCOCC1. The number of hydrogen-bond donors (Lipinski definition) is 2. The van der Waals surface area contributed by atoms with E-state index in [1.165, 1.54) is 12.8 Å². The monoisotopic (exact) mass is 369 g/mol. The molecule has 0 spiro atoms. The van der Waals surface area contributed by atoms with Gasteiger partial charge in [-0.2, -0.15) is 0 Å². The van der Waals surface area contributed by atoms with E-state index < -0.39 is 0 Å². The van der Waals surface area contributed by atoms with Crippen LogP contribution in [0.1, 0.15) is 31.2 Å². The van der Waals surface area contributed by atoms with Crippen molar-refractivity contribution in [2.45, 2.75) is 31.1 Å². The maximum absolute atomic E-state index is 6.51. The van der Waals surface area contributed by atoms with Crippen molar-refractivity contribution < 1.29 is 4.74 Å². The summed E-state index contributed by atoms with van der Waals surface area (Å²) in [7, 11) is 1.81. The number of hydrogen-bond acceptors (Lipinski definition) is 2. The van der Waals surface area contributed by atoms with Crippen LogP contribution in [0, 0.1) is 5.92 Å². The zero-order valence-electron chi connectivity index (χ0n) is 14.1. The lowest BCUT2D eigenvalue weighted by Crippen LogP contribution is -2.48. The predicted molar refractivity (Wildman–Crippen MR) is 100 cm³/mol. The fourth-order valence-corrected chi connectivity index (χ4v) is 3.87. The van der Waals surface area contributed by atoms with E-state index in [0.29, 0.717) is 5.02 Å². The van der Waals surface area contributed by atoms with Crippen molar-refractivity contribution in [2.24, 2.45) is 10.9 Å². The van der Waals surface area contributed by atoms with Gasteiger partial charge >= 0.3 is 0 Å². The van der Waals surface area contributed by atoms with E-state index in [2.05, 4.69) is 21.7 Å². The summed E-state index contributed by atoms with van der Waals surface area (Å²) in [6.45, 7) is 3.27. The number of aliphatic imine (C=N–C) groups is 1. The molecule has 0 unspecified atom stereocenters. The van der Waals surface area contributed by atoms with Gasteiger partial charge in [-0.1, -0.05) is 29.3 Å². The molecule has 24 heavy (non-hydrogen) atoms. The summed E-state index contributed by atoms with van der Waals surface area (Å²) < 4.78 is 5.59. The van der Waals surface area contributed by atoms with E-state index in [1.807, 2.05) is 19.2 Å². The van der Waals surface area contributed by atoms with Crippen molar-refractivity contribution in [1.82, 2.24) is 10.6 Å². The van der Waals surface area contributed by atoms with Crippen molar-refractivity contribution in [3.05, 3.63) is 33.8 Å². The van der Waals surface area contributed by atoms with Gasteiger partial charge in [-0.05, 0) is 49.3 Å². The Morgan fingerprint density at radius 1 is 1.25 bits per heavy atom. The molecule has 2 fully saturated rings. The lowest BCUT2D eigenvalue weighted by molar-refractivity contribution is 0.0514. The Morgan fingerprint density at radius 3 is 2.62 bits per heavy atom. The predicted octanol–water partition coefficient (Wildman–Crippen LogP) is 3.62. The Kier molecular flexibility index (Phi) is 5.90. The van der Waals surface area contributed by atoms with Crippen LogP contribution < -0.4 is 10.6 Å². The lowest BCUT2D eigenvalue weighted by Gasteiger charge is -2.39.